The second kappa shape index (κ2) is 10.7. The van der Waals surface area contributed by atoms with E-state index in [2.05, 4.69) is 15.4 Å². The van der Waals surface area contributed by atoms with Crippen LogP contribution in [0.25, 0.3) is 0 Å². The molecule has 0 unspecified atom stereocenters. The van der Waals surface area contributed by atoms with Crippen molar-refractivity contribution in [1.29, 1.82) is 0 Å². The zero-order valence-electron chi connectivity index (χ0n) is 19.0. The lowest BCUT2D eigenvalue weighted by atomic mass is 10.1. The Morgan fingerprint density at radius 2 is 1.79 bits per heavy atom. The van der Waals surface area contributed by atoms with Crippen LogP contribution >= 0.6 is 0 Å². The van der Waals surface area contributed by atoms with Crippen LogP contribution in [0.1, 0.15) is 26.3 Å². The van der Waals surface area contributed by atoms with E-state index in [4.69, 9.17) is 4.74 Å². The topological polar surface area (TPSA) is 117 Å². The van der Waals surface area contributed by atoms with Crippen LogP contribution in [0, 0.1) is 10.1 Å². The number of benzene rings is 2. The standard InChI is InChI=1S/C22H29N5O5S/c1-4-26(5-2)33(30,31)20-10-11-21(22(16-20)27(28)29)24-23-17(3)18-6-8-19(9-7-18)25-12-14-32-15-13-25/h6-11,16,24H,4-5,12-15H2,1-3H3/b23-17+. The van der Waals surface area contributed by atoms with Crippen LogP contribution in [0.5, 0.6) is 0 Å². The van der Waals surface area contributed by atoms with Gasteiger partial charge in [0, 0.05) is 37.9 Å². The third kappa shape index (κ3) is 5.67. The summed E-state index contributed by atoms with van der Waals surface area (Å²) in [6.45, 7) is 8.89. The maximum Gasteiger partial charge on any atom is 0.295 e. The van der Waals surface area contributed by atoms with E-state index in [-0.39, 0.29) is 29.4 Å². The normalized spacial score (nSPS) is 15.0. The zero-order chi connectivity index (χ0) is 24.0. The maximum atomic E-state index is 12.7. The smallest absolute Gasteiger partial charge is 0.295 e. The van der Waals surface area contributed by atoms with Crippen molar-refractivity contribution in [2.24, 2.45) is 5.10 Å². The minimum atomic E-state index is -3.81. The SMILES string of the molecule is CCN(CC)S(=O)(=O)c1ccc(N/N=C(\C)c2ccc(N3CCOCC3)cc2)c([N+](=O)[O-])c1. The van der Waals surface area contributed by atoms with Gasteiger partial charge in [-0.2, -0.15) is 9.41 Å². The number of hydrogen-bond acceptors (Lipinski definition) is 8. The first kappa shape index (κ1) is 24.6. The summed E-state index contributed by atoms with van der Waals surface area (Å²) in [5, 5.41) is 15.9. The molecule has 0 amide bonds. The van der Waals surface area contributed by atoms with Gasteiger partial charge in [0.25, 0.3) is 5.69 Å². The second-order valence-electron chi connectivity index (χ2n) is 7.48. The first-order chi connectivity index (χ1) is 15.8. The molecule has 2 aromatic carbocycles. The molecule has 1 fully saturated rings. The highest BCUT2D eigenvalue weighted by Crippen LogP contribution is 2.29. The van der Waals surface area contributed by atoms with E-state index in [0.717, 1.165) is 30.4 Å². The van der Waals surface area contributed by atoms with Crippen molar-refractivity contribution in [3.8, 4) is 0 Å². The van der Waals surface area contributed by atoms with Gasteiger partial charge in [0.1, 0.15) is 5.69 Å². The van der Waals surface area contributed by atoms with E-state index in [1.807, 2.05) is 24.3 Å². The van der Waals surface area contributed by atoms with E-state index in [1.165, 1.54) is 16.4 Å². The predicted octanol–water partition coefficient (Wildman–Crippen LogP) is 3.30. The molecule has 1 saturated heterocycles. The fourth-order valence-corrected chi connectivity index (χ4v) is 5.05. The average molecular weight is 476 g/mol. The number of hydrogen-bond donors (Lipinski definition) is 1. The number of nitro benzene ring substituents is 1. The van der Waals surface area contributed by atoms with E-state index in [0.29, 0.717) is 18.9 Å². The molecule has 178 valence electrons. The summed E-state index contributed by atoms with van der Waals surface area (Å²) < 4.78 is 32.1. The van der Waals surface area contributed by atoms with Crippen molar-refractivity contribution in [3.63, 3.8) is 0 Å². The fraction of sp³-hybridized carbons (Fsp3) is 0.409. The van der Waals surface area contributed by atoms with Gasteiger partial charge in [-0.3, -0.25) is 15.5 Å². The number of hydrazone groups is 1. The van der Waals surface area contributed by atoms with Crippen LogP contribution in [0.4, 0.5) is 17.1 Å². The quantitative estimate of drug-likeness (QED) is 0.336. The Kier molecular flexibility index (Phi) is 8.01. The van der Waals surface area contributed by atoms with Crippen molar-refractivity contribution in [3.05, 3.63) is 58.1 Å². The van der Waals surface area contributed by atoms with E-state index in [1.54, 1.807) is 20.8 Å². The average Bonchev–Trinajstić information content (AvgIpc) is 2.83. The van der Waals surface area contributed by atoms with Crippen molar-refractivity contribution in [2.75, 3.05) is 49.7 Å². The number of morpholine rings is 1. The summed E-state index contributed by atoms with van der Waals surface area (Å²) in [6.07, 6.45) is 0. The Morgan fingerprint density at radius 3 is 2.36 bits per heavy atom. The molecule has 33 heavy (non-hydrogen) atoms. The molecule has 0 aromatic heterocycles. The van der Waals surface area contributed by atoms with Gasteiger partial charge in [-0.1, -0.05) is 26.0 Å². The molecule has 11 heteroatoms. The number of anilines is 2. The first-order valence-electron chi connectivity index (χ1n) is 10.8. The molecule has 0 atom stereocenters. The van der Waals surface area contributed by atoms with E-state index >= 15 is 0 Å². The summed E-state index contributed by atoms with van der Waals surface area (Å²) in [7, 11) is -3.81. The summed E-state index contributed by atoms with van der Waals surface area (Å²) >= 11 is 0. The molecule has 1 aliphatic heterocycles. The highest BCUT2D eigenvalue weighted by Gasteiger charge is 2.25. The zero-order valence-corrected chi connectivity index (χ0v) is 19.8. The van der Waals surface area contributed by atoms with Crippen molar-refractivity contribution < 1.29 is 18.1 Å². The molecule has 1 N–H and O–H groups in total. The monoisotopic (exact) mass is 475 g/mol. The summed E-state index contributed by atoms with van der Waals surface area (Å²) in [4.78, 5) is 13.1. The Bertz CT molecular complexity index is 1110. The molecule has 0 saturated carbocycles. The molecule has 0 bridgehead atoms. The van der Waals surface area contributed by atoms with Crippen LogP contribution in [0.15, 0.2) is 52.5 Å². The first-order valence-corrected chi connectivity index (χ1v) is 12.2. The van der Waals surface area contributed by atoms with Gasteiger partial charge in [0.2, 0.25) is 10.0 Å². The van der Waals surface area contributed by atoms with Gasteiger partial charge in [-0.25, -0.2) is 8.42 Å². The highest BCUT2D eigenvalue weighted by molar-refractivity contribution is 7.89. The number of rotatable bonds is 9. The molecular formula is C22H29N5O5S. The summed E-state index contributed by atoms with van der Waals surface area (Å²) in [5.41, 5.74) is 5.07. The number of nitrogens with one attached hydrogen (secondary N) is 1. The third-order valence-corrected chi connectivity index (χ3v) is 7.56. The Morgan fingerprint density at radius 1 is 1.15 bits per heavy atom. The van der Waals surface area contributed by atoms with Crippen LogP contribution < -0.4 is 10.3 Å². The number of nitro groups is 1. The second-order valence-corrected chi connectivity index (χ2v) is 9.42. The molecule has 3 rings (SSSR count). The molecular weight excluding hydrogens is 446 g/mol. The lowest BCUT2D eigenvalue weighted by Gasteiger charge is -2.28. The minimum absolute atomic E-state index is 0.114. The van der Waals surface area contributed by atoms with Gasteiger partial charge in [-0.15, -0.1) is 0 Å². The van der Waals surface area contributed by atoms with Crippen molar-refractivity contribution in [1.82, 2.24) is 4.31 Å². The molecule has 0 spiro atoms. The van der Waals surface area contributed by atoms with E-state index < -0.39 is 14.9 Å². The highest BCUT2D eigenvalue weighted by atomic mass is 32.2. The largest absolute Gasteiger partial charge is 0.378 e. The van der Waals surface area contributed by atoms with Crippen LogP contribution in [0.3, 0.4) is 0 Å². The Hall–Kier alpha value is -3.02. The van der Waals surface area contributed by atoms with Crippen molar-refractivity contribution in [2.45, 2.75) is 25.7 Å². The molecule has 1 heterocycles. The van der Waals surface area contributed by atoms with Gasteiger partial charge in [0.05, 0.1) is 28.7 Å². The third-order valence-electron chi connectivity index (χ3n) is 5.51. The summed E-state index contributed by atoms with van der Waals surface area (Å²) in [5.74, 6) is 0. The molecule has 10 nitrogen and oxygen atoms in total. The molecule has 1 aliphatic rings. The van der Waals surface area contributed by atoms with Gasteiger partial charge >= 0.3 is 0 Å². The van der Waals surface area contributed by atoms with Crippen molar-refractivity contribution >= 4 is 32.8 Å². The molecule has 2 aromatic rings. The van der Waals surface area contributed by atoms with Crippen LogP contribution in [-0.2, 0) is 14.8 Å². The maximum absolute atomic E-state index is 12.7. The van der Waals surface area contributed by atoms with Gasteiger partial charge in [-0.05, 0) is 36.8 Å². The minimum Gasteiger partial charge on any atom is -0.378 e. The van der Waals surface area contributed by atoms with Crippen LogP contribution in [-0.4, -0.2) is 62.8 Å². The Balaban J connectivity index is 1.80. The molecule has 0 radical (unpaired) electrons. The number of ether oxygens (including phenoxy) is 1. The van der Waals surface area contributed by atoms with Gasteiger partial charge in [0.15, 0.2) is 0 Å². The van der Waals surface area contributed by atoms with Gasteiger partial charge < -0.3 is 9.64 Å². The fourth-order valence-electron chi connectivity index (χ4n) is 3.57. The predicted molar refractivity (Wildman–Crippen MR) is 129 cm³/mol. The lowest BCUT2D eigenvalue weighted by Crippen LogP contribution is -2.36. The Labute approximate surface area is 194 Å². The number of sulfonamides is 1. The van der Waals surface area contributed by atoms with Crippen LogP contribution in [0.2, 0.25) is 0 Å². The van der Waals surface area contributed by atoms with E-state index in [9.17, 15) is 18.5 Å². The summed E-state index contributed by atoms with van der Waals surface area (Å²) in [6, 6.07) is 11.7. The number of nitrogens with zero attached hydrogens (tertiary/aromatic N) is 4. The lowest BCUT2D eigenvalue weighted by molar-refractivity contribution is -0.384. The molecule has 0 aliphatic carbocycles.